The number of amides is 1. The number of likely N-dealkylation sites (tertiary alicyclic amines) is 1. The largest absolute Gasteiger partial charge is 0.372 e. The normalized spacial score (nSPS) is 20.5. The average Bonchev–Trinajstić information content (AvgIpc) is 2.58. The summed E-state index contributed by atoms with van der Waals surface area (Å²) in [6.45, 7) is 7.20. The maximum Gasteiger partial charge on any atom is 0.238 e. The van der Waals surface area contributed by atoms with Crippen LogP contribution in [0.25, 0.3) is 0 Å². The van der Waals surface area contributed by atoms with Gasteiger partial charge in [0, 0.05) is 24.5 Å². The predicted octanol–water partition coefficient (Wildman–Crippen LogP) is 3.35. The van der Waals surface area contributed by atoms with E-state index < -0.39 is 0 Å². The Labute approximate surface area is 139 Å². The van der Waals surface area contributed by atoms with E-state index in [1.807, 2.05) is 12.1 Å². The van der Waals surface area contributed by atoms with E-state index in [4.69, 9.17) is 0 Å². The molecule has 0 bridgehead atoms. The third kappa shape index (κ3) is 4.71. The summed E-state index contributed by atoms with van der Waals surface area (Å²) in [4.78, 5) is 16.9. The zero-order chi connectivity index (χ0) is 16.1. The number of anilines is 2. The van der Waals surface area contributed by atoms with Crippen LogP contribution in [0.4, 0.5) is 11.4 Å². The summed E-state index contributed by atoms with van der Waals surface area (Å²) in [5.74, 6) is 0.905. The van der Waals surface area contributed by atoms with Gasteiger partial charge in [0.1, 0.15) is 0 Å². The summed E-state index contributed by atoms with van der Waals surface area (Å²) in [5, 5.41) is 3.03. The maximum absolute atomic E-state index is 12.2. The molecule has 0 saturated carbocycles. The van der Waals surface area contributed by atoms with Crippen molar-refractivity contribution in [3.05, 3.63) is 24.3 Å². The van der Waals surface area contributed by atoms with Gasteiger partial charge < -0.3 is 10.2 Å². The molecule has 1 aromatic carbocycles. The van der Waals surface area contributed by atoms with Gasteiger partial charge in [-0.15, -0.1) is 0 Å². The molecule has 0 aliphatic carbocycles. The molecule has 1 aromatic rings. The Hall–Kier alpha value is -1.55. The highest BCUT2D eigenvalue weighted by Gasteiger charge is 2.18. The number of carbonyl (C=O) groups is 1. The second-order valence-corrected chi connectivity index (χ2v) is 7.10. The molecule has 0 radical (unpaired) electrons. The first kappa shape index (κ1) is 16.3. The monoisotopic (exact) mass is 315 g/mol. The number of hydrogen-bond acceptors (Lipinski definition) is 3. The lowest BCUT2D eigenvalue weighted by Gasteiger charge is -2.29. The number of rotatable bonds is 4. The lowest BCUT2D eigenvalue weighted by atomic mass is 9.99. The van der Waals surface area contributed by atoms with E-state index >= 15 is 0 Å². The van der Waals surface area contributed by atoms with Gasteiger partial charge in [-0.3, -0.25) is 9.69 Å². The van der Waals surface area contributed by atoms with Crippen LogP contribution in [0.3, 0.4) is 0 Å². The van der Waals surface area contributed by atoms with Crippen molar-refractivity contribution < 1.29 is 4.79 Å². The van der Waals surface area contributed by atoms with Gasteiger partial charge in [-0.2, -0.15) is 0 Å². The third-order valence-electron chi connectivity index (χ3n) is 5.12. The molecule has 126 valence electrons. The van der Waals surface area contributed by atoms with Crippen LogP contribution >= 0.6 is 0 Å². The molecule has 3 rings (SSSR count). The Kier molecular flexibility index (Phi) is 5.55. The number of piperidine rings is 2. The zero-order valence-corrected chi connectivity index (χ0v) is 14.3. The molecule has 1 amide bonds. The number of nitrogens with zero attached hydrogens (tertiary/aromatic N) is 2. The summed E-state index contributed by atoms with van der Waals surface area (Å²) in [6, 6.07) is 8.31. The molecule has 4 heteroatoms. The van der Waals surface area contributed by atoms with Crippen molar-refractivity contribution in [1.29, 1.82) is 0 Å². The fourth-order valence-electron chi connectivity index (χ4n) is 3.53. The van der Waals surface area contributed by atoms with E-state index in [-0.39, 0.29) is 5.91 Å². The molecule has 2 heterocycles. The molecule has 0 unspecified atom stereocenters. The summed E-state index contributed by atoms with van der Waals surface area (Å²) < 4.78 is 0. The first-order chi connectivity index (χ1) is 11.2. The van der Waals surface area contributed by atoms with Gasteiger partial charge in [-0.1, -0.05) is 6.92 Å². The second-order valence-electron chi connectivity index (χ2n) is 7.10. The number of hydrogen-bond donors (Lipinski definition) is 1. The Morgan fingerprint density at radius 3 is 2.35 bits per heavy atom. The molecule has 2 aliphatic heterocycles. The molecular weight excluding hydrogens is 286 g/mol. The van der Waals surface area contributed by atoms with Gasteiger partial charge in [0.05, 0.1) is 6.54 Å². The molecule has 4 nitrogen and oxygen atoms in total. The highest BCUT2D eigenvalue weighted by Crippen LogP contribution is 2.22. The number of benzene rings is 1. The Bertz CT molecular complexity index is 500. The van der Waals surface area contributed by atoms with Gasteiger partial charge in [-0.25, -0.2) is 0 Å². The van der Waals surface area contributed by atoms with Crippen molar-refractivity contribution in [2.75, 3.05) is 42.9 Å². The minimum atomic E-state index is 0.102. The third-order valence-corrected chi connectivity index (χ3v) is 5.12. The van der Waals surface area contributed by atoms with Gasteiger partial charge in [0.2, 0.25) is 5.91 Å². The molecule has 23 heavy (non-hydrogen) atoms. The molecule has 2 aliphatic rings. The Morgan fingerprint density at radius 1 is 1.04 bits per heavy atom. The zero-order valence-electron chi connectivity index (χ0n) is 14.3. The summed E-state index contributed by atoms with van der Waals surface area (Å²) in [6.07, 6.45) is 6.33. The van der Waals surface area contributed by atoms with Crippen molar-refractivity contribution >= 4 is 17.3 Å². The van der Waals surface area contributed by atoms with E-state index in [0.29, 0.717) is 6.54 Å². The molecular formula is C19H29N3O. The molecule has 0 spiro atoms. The lowest BCUT2D eigenvalue weighted by molar-refractivity contribution is -0.117. The maximum atomic E-state index is 12.2. The highest BCUT2D eigenvalue weighted by atomic mass is 16.2. The molecule has 2 saturated heterocycles. The highest BCUT2D eigenvalue weighted by molar-refractivity contribution is 5.92. The lowest BCUT2D eigenvalue weighted by Crippen LogP contribution is -2.38. The van der Waals surface area contributed by atoms with E-state index in [0.717, 1.165) is 37.8 Å². The van der Waals surface area contributed by atoms with Gasteiger partial charge in [0.15, 0.2) is 0 Å². The minimum absolute atomic E-state index is 0.102. The molecule has 0 aromatic heterocycles. The van der Waals surface area contributed by atoms with Gasteiger partial charge in [0.25, 0.3) is 0 Å². The number of nitrogens with one attached hydrogen (secondary N) is 1. The quantitative estimate of drug-likeness (QED) is 0.925. The number of carbonyl (C=O) groups excluding carboxylic acids is 1. The Morgan fingerprint density at radius 2 is 1.70 bits per heavy atom. The van der Waals surface area contributed by atoms with Crippen molar-refractivity contribution in [2.45, 2.75) is 39.0 Å². The van der Waals surface area contributed by atoms with Crippen molar-refractivity contribution in [3.63, 3.8) is 0 Å². The summed E-state index contributed by atoms with van der Waals surface area (Å²) in [7, 11) is 0. The molecule has 0 atom stereocenters. The van der Waals surface area contributed by atoms with E-state index in [1.165, 1.54) is 37.8 Å². The van der Waals surface area contributed by atoms with Crippen molar-refractivity contribution in [1.82, 2.24) is 4.90 Å². The van der Waals surface area contributed by atoms with E-state index in [1.54, 1.807) is 0 Å². The van der Waals surface area contributed by atoms with E-state index in [2.05, 4.69) is 34.2 Å². The standard InChI is InChI=1S/C19H29N3O/c1-16-9-13-21(14-10-16)15-19(23)20-17-5-7-18(8-6-17)22-11-3-2-4-12-22/h5-8,16H,2-4,9-15H2,1H3,(H,20,23). The van der Waals surface area contributed by atoms with Crippen LogP contribution in [-0.4, -0.2) is 43.5 Å². The smallest absolute Gasteiger partial charge is 0.238 e. The van der Waals surface area contributed by atoms with Crippen LogP contribution in [0.5, 0.6) is 0 Å². The topological polar surface area (TPSA) is 35.6 Å². The molecule has 2 fully saturated rings. The second kappa shape index (κ2) is 7.82. The van der Waals surface area contributed by atoms with Crippen LogP contribution in [0, 0.1) is 5.92 Å². The predicted molar refractivity (Wildman–Crippen MR) is 96.0 cm³/mol. The van der Waals surface area contributed by atoms with Crippen LogP contribution in [0.1, 0.15) is 39.0 Å². The van der Waals surface area contributed by atoms with E-state index in [9.17, 15) is 4.79 Å². The van der Waals surface area contributed by atoms with Crippen LogP contribution in [0.2, 0.25) is 0 Å². The first-order valence-corrected chi connectivity index (χ1v) is 9.08. The fourth-order valence-corrected chi connectivity index (χ4v) is 3.53. The van der Waals surface area contributed by atoms with Gasteiger partial charge in [-0.05, 0) is 75.4 Å². The summed E-state index contributed by atoms with van der Waals surface area (Å²) >= 11 is 0. The summed E-state index contributed by atoms with van der Waals surface area (Å²) in [5.41, 5.74) is 2.17. The van der Waals surface area contributed by atoms with Gasteiger partial charge >= 0.3 is 0 Å². The van der Waals surface area contributed by atoms with Crippen LogP contribution < -0.4 is 10.2 Å². The Balaban J connectivity index is 1.48. The molecule has 1 N–H and O–H groups in total. The minimum Gasteiger partial charge on any atom is -0.372 e. The first-order valence-electron chi connectivity index (χ1n) is 9.08. The SMILES string of the molecule is CC1CCN(CC(=O)Nc2ccc(N3CCCCC3)cc2)CC1. The van der Waals surface area contributed by atoms with Crippen molar-refractivity contribution in [2.24, 2.45) is 5.92 Å². The average molecular weight is 315 g/mol. The van der Waals surface area contributed by atoms with Crippen LogP contribution in [0.15, 0.2) is 24.3 Å². The van der Waals surface area contributed by atoms with Crippen LogP contribution in [-0.2, 0) is 4.79 Å². The fraction of sp³-hybridized carbons (Fsp3) is 0.632. The van der Waals surface area contributed by atoms with Crippen molar-refractivity contribution in [3.8, 4) is 0 Å².